The standard InChI is InChI=1S/C19H16FN3O2S/c1-10-16-13(11(9-24)8-21-10)7-14-18(25-16)22-17(23-19(14)26-2)12-5-3-4-6-15(12)20/h3-6,8,24H,7,9H2,1-2H3. The van der Waals surface area contributed by atoms with Gasteiger partial charge >= 0.3 is 0 Å². The molecule has 7 heteroatoms. The van der Waals surface area contributed by atoms with Gasteiger partial charge in [-0.1, -0.05) is 12.1 Å². The zero-order valence-corrected chi connectivity index (χ0v) is 15.1. The van der Waals surface area contributed by atoms with Crippen LogP contribution in [0.15, 0.2) is 35.5 Å². The number of aliphatic hydroxyl groups is 1. The Kier molecular flexibility index (Phi) is 4.34. The fraction of sp³-hybridized carbons (Fsp3) is 0.211. The number of benzene rings is 1. The van der Waals surface area contributed by atoms with Gasteiger partial charge in [0.05, 0.1) is 23.4 Å². The monoisotopic (exact) mass is 369 g/mol. The first-order valence-corrected chi connectivity index (χ1v) is 9.30. The molecule has 0 saturated carbocycles. The highest BCUT2D eigenvalue weighted by Crippen LogP contribution is 2.42. The Morgan fingerprint density at radius 3 is 2.77 bits per heavy atom. The zero-order valence-electron chi connectivity index (χ0n) is 14.3. The molecule has 26 heavy (non-hydrogen) atoms. The normalized spacial score (nSPS) is 12.3. The molecule has 0 atom stereocenters. The van der Waals surface area contributed by atoms with E-state index >= 15 is 0 Å². The molecule has 0 amide bonds. The van der Waals surface area contributed by atoms with E-state index < -0.39 is 0 Å². The molecule has 4 rings (SSSR count). The number of aromatic nitrogens is 3. The molecule has 132 valence electrons. The Morgan fingerprint density at radius 2 is 2.04 bits per heavy atom. The summed E-state index contributed by atoms with van der Waals surface area (Å²) in [5, 5.41) is 10.3. The van der Waals surface area contributed by atoms with Gasteiger partial charge in [-0.3, -0.25) is 4.98 Å². The van der Waals surface area contributed by atoms with E-state index in [1.54, 1.807) is 24.4 Å². The van der Waals surface area contributed by atoms with Gasteiger partial charge in [-0.05, 0) is 25.3 Å². The number of fused-ring (bicyclic) bond motifs is 2. The molecule has 0 spiro atoms. The molecule has 2 aromatic heterocycles. The number of nitrogens with zero attached hydrogens (tertiary/aromatic N) is 3. The van der Waals surface area contributed by atoms with Crippen molar-refractivity contribution in [2.45, 2.75) is 25.0 Å². The number of halogens is 1. The Bertz CT molecular complexity index is 1010. The van der Waals surface area contributed by atoms with Crippen LogP contribution in [0.5, 0.6) is 11.6 Å². The van der Waals surface area contributed by atoms with Crippen molar-refractivity contribution in [2.75, 3.05) is 6.26 Å². The fourth-order valence-corrected chi connectivity index (χ4v) is 3.61. The quantitative estimate of drug-likeness (QED) is 0.436. The van der Waals surface area contributed by atoms with Gasteiger partial charge in [0.1, 0.15) is 10.8 Å². The van der Waals surface area contributed by atoms with Crippen molar-refractivity contribution in [1.82, 2.24) is 15.0 Å². The molecule has 1 N–H and O–H groups in total. The van der Waals surface area contributed by atoms with Crippen molar-refractivity contribution in [3.63, 3.8) is 0 Å². The van der Waals surface area contributed by atoms with E-state index in [1.165, 1.54) is 17.8 Å². The first-order valence-electron chi connectivity index (χ1n) is 8.08. The lowest BCUT2D eigenvalue weighted by Crippen LogP contribution is -2.13. The van der Waals surface area contributed by atoms with Gasteiger partial charge in [0.2, 0.25) is 5.88 Å². The maximum atomic E-state index is 14.2. The molecular weight excluding hydrogens is 353 g/mol. The third-order valence-corrected chi connectivity index (χ3v) is 5.09. The maximum Gasteiger partial charge on any atom is 0.227 e. The molecule has 5 nitrogen and oxygen atoms in total. The summed E-state index contributed by atoms with van der Waals surface area (Å²) in [4.78, 5) is 13.3. The number of rotatable bonds is 3. The van der Waals surface area contributed by atoms with Gasteiger partial charge in [0.25, 0.3) is 0 Å². The molecule has 0 saturated heterocycles. The lowest BCUT2D eigenvalue weighted by atomic mass is 9.99. The van der Waals surface area contributed by atoms with Crippen LogP contribution in [-0.2, 0) is 13.0 Å². The van der Waals surface area contributed by atoms with Crippen LogP contribution in [-0.4, -0.2) is 26.3 Å². The predicted octanol–water partition coefficient (Wildman–Crippen LogP) is 3.90. The SMILES string of the molecule is CSc1nc(-c2ccccc2F)nc2c1Cc1c(CO)cnc(C)c1O2. The van der Waals surface area contributed by atoms with E-state index in [0.29, 0.717) is 29.4 Å². The highest BCUT2D eigenvalue weighted by molar-refractivity contribution is 7.98. The van der Waals surface area contributed by atoms with Crippen LogP contribution in [0.2, 0.25) is 0 Å². The minimum Gasteiger partial charge on any atom is -0.436 e. The van der Waals surface area contributed by atoms with Gasteiger partial charge in [-0.15, -0.1) is 11.8 Å². The number of aliphatic hydroxyl groups excluding tert-OH is 1. The van der Waals surface area contributed by atoms with Gasteiger partial charge in [-0.2, -0.15) is 4.98 Å². The van der Waals surface area contributed by atoms with Crippen molar-refractivity contribution in [1.29, 1.82) is 0 Å². The summed E-state index contributed by atoms with van der Waals surface area (Å²) in [6, 6.07) is 6.41. The third-order valence-electron chi connectivity index (χ3n) is 4.37. The first kappa shape index (κ1) is 16.9. The first-order chi connectivity index (χ1) is 12.6. The molecule has 3 heterocycles. The van der Waals surface area contributed by atoms with Gasteiger partial charge < -0.3 is 9.84 Å². The Balaban J connectivity index is 1.88. The molecule has 0 radical (unpaired) electrons. The highest BCUT2D eigenvalue weighted by Gasteiger charge is 2.27. The molecule has 1 aliphatic heterocycles. The van der Waals surface area contributed by atoms with Gasteiger partial charge in [0, 0.05) is 23.7 Å². The molecule has 0 unspecified atom stereocenters. The van der Waals surface area contributed by atoms with E-state index in [9.17, 15) is 9.50 Å². The van der Waals surface area contributed by atoms with Crippen LogP contribution in [0.3, 0.4) is 0 Å². The van der Waals surface area contributed by atoms with Crippen LogP contribution >= 0.6 is 11.8 Å². The van der Waals surface area contributed by atoms with Crippen LogP contribution in [0.25, 0.3) is 11.4 Å². The highest BCUT2D eigenvalue weighted by atomic mass is 32.2. The van der Waals surface area contributed by atoms with Crippen molar-refractivity contribution in [2.24, 2.45) is 0 Å². The smallest absolute Gasteiger partial charge is 0.227 e. The average molecular weight is 369 g/mol. The Hall–Kier alpha value is -2.51. The third kappa shape index (κ3) is 2.73. The van der Waals surface area contributed by atoms with E-state index in [1.807, 2.05) is 13.2 Å². The lowest BCUT2D eigenvalue weighted by molar-refractivity contribution is 0.278. The predicted molar refractivity (Wildman–Crippen MR) is 97.0 cm³/mol. The number of thioether (sulfide) groups is 1. The molecular formula is C19H16FN3O2S. The maximum absolute atomic E-state index is 14.2. The van der Waals surface area contributed by atoms with Crippen molar-refractivity contribution in [3.05, 3.63) is 58.7 Å². The summed E-state index contributed by atoms with van der Waals surface area (Å²) in [6.07, 6.45) is 4.11. The summed E-state index contributed by atoms with van der Waals surface area (Å²) < 4.78 is 20.2. The Labute approximate surface area is 154 Å². The summed E-state index contributed by atoms with van der Waals surface area (Å²) in [6.45, 7) is 1.73. The van der Waals surface area contributed by atoms with E-state index in [-0.39, 0.29) is 12.4 Å². The largest absolute Gasteiger partial charge is 0.436 e. The summed E-state index contributed by atoms with van der Waals surface area (Å²) in [5.74, 6) is 0.930. The van der Waals surface area contributed by atoms with Crippen molar-refractivity contribution in [3.8, 4) is 23.0 Å². The fourth-order valence-electron chi connectivity index (χ4n) is 3.03. The molecule has 3 aromatic rings. The van der Waals surface area contributed by atoms with Gasteiger partial charge in [0.15, 0.2) is 11.6 Å². The van der Waals surface area contributed by atoms with E-state index in [2.05, 4.69) is 15.0 Å². The minimum atomic E-state index is -0.379. The summed E-state index contributed by atoms with van der Waals surface area (Å²) in [7, 11) is 0. The van der Waals surface area contributed by atoms with Crippen LogP contribution in [0, 0.1) is 12.7 Å². The van der Waals surface area contributed by atoms with Crippen LogP contribution < -0.4 is 4.74 Å². The Morgan fingerprint density at radius 1 is 1.23 bits per heavy atom. The van der Waals surface area contributed by atoms with Gasteiger partial charge in [-0.25, -0.2) is 9.37 Å². The topological polar surface area (TPSA) is 68.1 Å². The second kappa shape index (κ2) is 6.66. The molecule has 1 aromatic carbocycles. The van der Waals surface area contributed by atoms with Crippen LogP contribution in [0.4, 0.5) is 4.39 Å². The number of ether oxygens (including phenoxy) is 1. The van der Waals surface area contributed by atoms with E-state index in [4.69, 9.17) is 4.74 Å². The minimum absolute atomic E-state index is 0.114. The van der Waals surface area contributed by atoms with Crippen molar-refractivity contribution < 1.29 is 14.2 Å². The molecule has 0 aliphatic carbocycles. The number of aryl methyl sites for hydroxylation is 1. The second-order valence-electron chi connectivity index (χ2n) is 5.93. The number of hydrogen-bond donors (Lipinski definition) is 1. The summed E-state index contributed by atoms with van der Waals surface area (Å²) in [5.41, 5.74) is 3.51. The average Bonchev–Trinajstić information content (AvgIpc) is 2.67. The van der Waals surface area contributed by atoms with E-state index in [0.717, 1.165) is 27.4 Å². The van der Waals surface area contributed by atoms with Crippen molar-refractivity contribution >= 4 is 11.8 Å². The van der Waals surface area contributed by atoms with Crippen LogP contribution in [0.1, 0.15) is 22.4 Å². The molecule has 1 aliphatic rings. The molecule has 0 fully saturated rings. The zero-order chi connectivity index (χ0) is 18.3. The molecule has 0 bridgehead atoms. The number of hydrogen-bond acceptors (Lipinski definition) is 6. The second-order valence-corrected chi connectivity index (χ2v) is 6.73. The lowest BCUT2D eigenvalue weighted by Gasteiger charge is -2.24. The summed E-state index contributed by atoms with van der Waals surface area (Å²) >= 11 is 1.46. The number of pyridine rings is 1.